The van der Waals surface area contributed by atoms with Crippen LogP contribution < -0.4 is 10.6 Å². The Bertz CT molecular complexity index is 847. The highest BCUT2D eigenvalue weighted by molar-refractivity contribution is 5.99. The van der Waals surface area contributed by atoms with Crippen LogP contribution in [0.25, 0.3) is 0 Å². The Morgan fingerprint density at radius 3 is 2.52 bits per heavy atom. The number of fused-ring (bicyclic) bond motifs is 1. The maximum atomic E-state index is 13.4. The van der Waals surface area contributed by atoms with E-state index in [9.17, 15) is 4.79 Å². The van der Waals surface area contributed by atoms with Gasteiger partial charge in [0.15, 0.2) is 0 Å². The molecule has 2 heterocycles. The third-order valence-corrected chi connectivity index (χ3v) is 6.92. The molecule has 4 rings (SSSR count). The number of hydrogen-bond acceptors (Lipinski definition) is 3. The molecule has 29 heavy (non-hydrogen) atoms. The molecule has 1 saturated carbocycles. The third-order valence-electron chi connectivity index (χ3n) is 6.92. The molecule has 1 fully saturated rings. The van der Waals surface area contributed by atoms with Crippen molar-refractivity contribution in [3.8, 4) is 0 Å². The first-order valence-corrected chi connectivity index (χ1v) is 11.2. The van der Waals surface area contributed by atoms with E-state index in [1.165, 1.54) is 31.2 Å². The van der Waals surface area contributed by atoms with Crippen molar-refractivity contribution in [2.24, 2.45) is 0 Å². The fourth-order valence-corrected chi connectivity index (χ4v) is 5.08. The number of aromatic nitrogens is 2. The summed E-state index contributed by atoms with van der Waals surface area (Å²) in [5.74, 6) is 0.847. The molecule has 1 atom stereocenters. The average Bonchev–Trinajstić information content (AvgIpc) is 3.02. The summed E-state index contributed by atoms with van der Waals surface area (Å²) < 4.78 is 1.99. The highest BCUT2D eigenvalue weighted by atomic mass is 16.1. The van der Waals surface area contributed by atoms with Gasteiger partial charge < -0.3 is 10.6 Å². The van der Waals surface area contributed by atoms with Crippen LogP contribution in [-0.2, 0) is 5.54 Å². The van der Waals surface area contributed by atoms with Gasteiger partial charge in [-0.3, -0.25) is 4.79 Å². The minimum absolute atomic E-state index is 0.00649. The first-order chi connectivity index (χ1) is 13.9. The molecule has 1 unspecified atom stereocenters. The minimum Gasteiger partial charge on any atom is -0.363 e. The topological polar surface area (TPSA) is 59.0 Å². The van der Waals surface area contributed by atoms with Gasteiger partial charge in [0.2, 0.25) is 0 Å². The van der Waals surface area contributed by atoms with Crippen LogP contribution in [0.2, 0.25) is 0 Å². The van der Waals surface area contributed by atoms with Crippen LogP contribution in [0, 0.1) is 0 Å². The number of nitrogens with one attached hydrogen (secondary N) is 2. The van der Waals surface area contributed by atoms with E-state index in [-0.39, 0.29) is 23.0 Å². The van der Waals surface area contributed by atoms with Gasteiger partial charge in [0.05, 0.1) is 17.8 Å². The van der Waals surface area contributed by atoms with Crippen molar-refractivity contribution in [2.45, 2.75) is 89.3 Å². The molecule has 2 aliphatic rings. The molecule has 5 heteroatoms. The monoisotopic (exact) mass is 394 g/mol. The summed E-state index contributed by atoms with van der Waals surface area (Å²) in [5.41, 5.74) is 1.67. The summed E-state index contributed by atoms with van der Waals surface area (Å²) in [4.78, 5) is 13.4. The molecule has 0 saturated heterocycles. The molecule has 2 aromatic rings. The van der Waals surface area contributed by atoms with E-state index in [0.29, 0.717) is 5.56 Å². The molecule has 0 radical (unpaired) electrons. The summed E-state index contributed by atoms with van der Waals surface area (Å²) in [6, 6.07) is 10.6. The Morgan fingerprint density at radius 2 is 1.86 bits per heavy atom. The number of nitrogens with zero attached hydrogens (tertiary/aromatic N) is 2. The lowest BCUT2D eigenvalue weighted by Gasteiger charge is -2.38. The Morgan fingerprint density at radius 1 is 1.17 bits per heavy atom. The molecule has 1 aromatic heterocycles. The highest BCUT2D eigenvalue weighted by Crippen LogP contribution is 2.40. The van der Waals surface area contributed by atoms with Crippen molar-refractivity contribution in [3.05, 3.63) is 47.7 Å². The number of amides is 1. The van der Waals surface area contributed by atoms with E-state index in [1.807, 2.05) is 10.7 Å². The maximum absolute atomic E-state index is 13.4. The predicted molar refractivity (Wildman–Crippen MR) is 117 cm³/mol. The molecule has 1 amide bonds. The summed E-state index contributed by atoms with van der Waals surface area (Å²) >= 11 is 0. The van der Waals surface area contributed by atoms with Gasteiger partial charge in [-0.05, 0) is 45.1 Å². The second-order valence-electron chi connectivity index (χ2n) is 9.45. The number of benzene rings is 1. The zero-order chi connectivity index (χ0) is 20.5. The van der Waals surface area contributed by atoms with Crippen LogP contribution in [0.4, 0.5) is 5.82 Å². The number of carbonyl (C=O) groups is 1. The predicted octanol–water partition coefficient (Wildman–Crippen LogP) is 5.41. The SMILES string of the molecule is CCC1(NC(=O)c2cnn3c2NC(c2ccccc2)CC3(C)C)CCCCCC1. The normalized spacial score (nSPS) is 22.8. The molecule has 1 aliphatic carbocycles. The zero-order valence-corrected chi connectivity index (χ0v) is 18.0. The molecular weight excluding hydrogens is 360 g/mol. The number of carbonyl (C=O) groups excluding carboxylic acids is 1. The fraction of sp³-hybridized carbons (Fsp3) is 0.583. The van der Waals surface area contributed by atoms with E-state index in [1.54, 1.807) is 6.20 Å². The number of anilines is 1. The molecule has 156 valence electrons. The van der Waals surface area contributed by atoms with Crippen molar-refractivity contribution in [3.63, 3.8) is 0 Å². The van der Waals surface area contributed by atoms with Crippen molar-refractivity contribution in [1.29, 1.82) is 0 Å². The smallest absolute Gasteiger partial charge is 0.257 e. The van der Waals surface area contributed by atoms with Gasteiger partial charge >= 0.3 is 0 Å². The van der Waals surface area contributed by atoms with Crippen LogP contribution >= 0.6 is 0 Å². The lowest BCUT2D eigenvalue weighted by Crippen LogP contribution is -2.48. The van der Waals surface area contributed by atoms with Gasteiger partial charge in [0.25, 0.3) is 5.91 Å². The fourth-order valence-electron chi connectivity index (χ4n) is 5.08. The van der Waals surface area contributed by atoms with Gasteiger partial charge in [0, 0.05) is 5.54 Å². The molecule has 0 spiro atoms. The molecule has 1 aliphatic heterocycles. The van der Waals surface area contributed by atoms with Crippen LogP contribution in [0.3, 0.4) is 0 Å². The second-order valence-corrected chi connectivity index (χ2v) is 9.45. The van der Waals surface area contributed by atoms with Crippen LogP contribution in [0.5, 0.6) is 0 Å². The van der Waals surface area contributed by atoms with Crippen LogP contribution in [0.1, 0.15) is 94.1 Å². The molecular formula is C24H34N4O. The Kier molecular flexibility index (Phi) is 5.41. The standard InChI is InChI=1S/C24H34N4O/c1-4-24(14-10-5-6-11-15-24)27-22(29)19-17-25-28-21(19)26-20(16-23(28,2)3)18-12-8-7-9-13-18/h7-9,12-13,17,20,26H,4-6,10-11,14-16H2,1-3H3,(H,27,29). The van der Waals surface area contributed by atoms with Gasteiger partial charge in [-0.15, -0.1) is 0 Å². The zero-order valence-electron chi connectivity index (χ0n) is 18.0. The lowest BCUT2D eigenvalue weighted by atomic mass is 9.87. The summed E-state index contributed by atoms with van der Waals surface area (Å²) in [6.07, 6.45) is 10.7. The molecule has 5 nitrogen and oxygen atoms in total. The van der Waals surface area contributed by atoms with Crippen LogP contribution in [-0.4, -0.2) is 21.2 Å². The average molecular weight is 395 g/mol. The second kappa shape index (κ2) is 7.85. The molecule has 2 N–H and O–H groups in total. The van der Waals surface area contributed by atoms with Crippen molar-refractivity contribution in [1.82, 2.24) is 15.1 Å². The lowest BCUT2D eigenvalue weighted by molar-refractivity contribution is 0.0884. The van der Waals surface area contributed by atoms with Crippen molar-refractivity contribution >= 4 is 11.7 Å². The quantitative estimate of drug-likeness (QED) is 0.682. The molecule has 1 aromatic carbocycles. The van der Waals surface area contributed by atoms with E-state index >= 15 is 0 Å². The summed E-state index contributed by atoms with van der Waals surface area (Å²) in [6.45, 7) is 6.59. The van der Waals surface area contributed by atoms with Gasteiger partial charge in [-0.2, -0.15) is 5.10 Å². The van der Waals surface area contributed by atoms with Gasteiger partial charge in [-0.1, -0.05) is 62.9 Å². The largest absolute Gasteiger partial charge is 0.363 e. The minimum atomic E-state index is -0.162. The van der Waals surface area contributed by atoms with E-state index in [4.69, 9.17) is 0 Å². The van der Waals surface area contributed by atoms with Crippen molar-refractivity contribution in [2.75, 3.05) is 5.32 Å². The Balaban J connectivity index is 1.62. The van der Waals surface area contributed by atoms with E-state index in [0.717, 1.165) is 31.5 Å². The van der Waals surface area contributed by atoms with Crippen LogP contribution in [0.15, 0.2) is 36.5 Å². The number of hydrogen-bond donors (Lipinski definition) is 2. The first kappa shape index (κ1) is 20.0. The highest BCUT2D eigenvalue weighted by Gasteiger charge is 2.38. The maximum Gasteiger partial charge on any atom is 0.257 e. The van der Waals surface area contributed by atoms with E-state index < -0.39 is 0 Å². The first-order valence-electron chi connectivity index (χ1n) is 11.2. The Labute approximate surface area is 174 Å². The number of rotatable bonds is 4. The van der Waals surface area contributed by atoms with Crippen molar-refractivity contribution < 1.29 is 4.79 Å². The van der Waals surface area contributed by atoms with E-state index in [2.05, 4.69) is 60.8 Å². The third kappa shape index (κ3) is 3.92. The Hall–Kier alpha value is -2.30. The summed E-state index contributed by atoms with van der Waals surface area (Å²) in [7, 11) is 0. The molecule has 0 bridgehead atoms. The van der Waals surface area contributed by atoms with Gasteiger partial charge in [0.1, 0.15) is 11.4 Å². The van der Waals surface area contributed by atoms with Gasteiger partial charge in [-0.25, -0.2) is 4.68 Å². The summed E-state index contributed by atoms with van der Waals surface area (Å²) in [5, 5.41) is 11.7.